The number of hydrogen-bond donors (Lipinski definition) is 1. The third kappa shape index (κ3) is 3.44. The molecule has 2 aliphatic rings. The van der Waals surface area contributed by atoms with Gasteiger partial charge < -0.3 is 24.8 Å². The molecular weight excluding hydrogens is 429 g/mol. The first-order valence-electron chi connectivity index (χ1n) is 9.65. The summed E-state index contributed by atoms with van der Waals surface area (Å²) < 4.78 is 52.3. The summed E-state index contributed by atoms with van der Waals surface area (Å²) in [5, 5.41) is 0.746. The summed E-state index contributed by atoms with van der Waals surface area (Å²) in [5.41, 5.74) is 9.03. The highest BCUT2D eigenvalue weighted by Crippen LogP contribution is 2.39. The third-order valence-electron chi connectivity index (χ3n) is 5.60. The molecule has 0 unspecified atom stereocenters. The molecule has 166 valence electrons. The average Bonchev–Trinajstić information content (AvgIpc) is 3.39. The molecule has 1 atom stereocenters. The molecule has 32 heavy (non-hydrogen) atoms. The number of halogens is 3. The molecule has 0 saturated carbocycles. The van der Waals surface area contributed by atoms with Gasteiger partial charge in [-0.2, -0.15) is 0 Å². The average molecular weight is 446 g/mol. The molecule has 0 bridgehead atoms. The van der Waals surface area contributed by atoms with Crippen LogP contribution in [0.2, 0.25) is 0 Å². The number of pyridine rings is 2. The molecule has 2 aliphatic heterocycles. The molecular formula is C21H17F3N4O4. The van der Waals surface area contributed by atoms with Crippen molar-refractivity contribution in [3.63, 3.8) is 0 Å². The highest BCUT2D eigenvalue weighted by Gasteiger charge is 2.35. The molecule has 1 amide bonds. The van der Waals surface area contributed by atoms with E-state index in [1.165, 1.54) is 23.2 Å². The van der Waals surface area contributed by atoms with Crippen LogP contribution in [0.3, 0.4) is 0 Å². The Morgan fingerprint density at radius 2 is 2.03 bits per heavy atom. The second-order valence-corrected chi connectivity index (χ2v) is 7.52. The standard InChI is InChI=1S/C21H17F3N4O4/c1-28(17-9-31-18-4-10(2-3-11(17)18)32-21(22,23)24)20(29)15-5-12-13-7-30-8-14(13)19(25)27-16(12)6-26-15/h2-6,17H,7-9H2,1H3,(H2,25,27)/t17-/m0/s1. The van der Waals surface area contributed by atoms with Gasteiger partial charge in [-0.1, -0.05) is 0 Å². The Kier molecular flexibility index (Phi) is 4.59. The zero-order valence-corrected chi connectivity index (χ0v) is 16.8. The van der Waals surface area contributed by atoms with Gasteiger partial charge in [0.15, 0.2) is 0 Å². The molecule has 2 N–H and O–H groups in total. The van der Waals surface area contributed by atoms with E-state index in [0.29, 0.717) is 30.1 Å². The largest absolute Gasteiger partial charge is 0.573 e. The predicted molar refractivity (Wildman–Crippen MR) is 106 cm³/mol. The number of likely N-dealkylation sites (N-methyl/N-ethyl adjacent to an activating group) is 1. The van der Waals surface area contributed by atoms with E-state index in [4.69, 9.17) is 15.2 Å². The minimum absolute atomic E-state index is 0.0992. The normalized spacial score (nSPS) is 17.1. The van der Waals surface area contributed by atoms with Gasteiger partial charge in [-0.15, -0.1) is 13.2 Å². The maximum atomic E-state index is 13.2. The molecule has 4 heterocycles. The van der Waals surface area contributed by atoms with E-state index in [1.807, 2.05) is 0 Å². The van der Waals surface area contributed by atoms with E-state index in [-0.39, 0.29) is 29.7 Å². The molecule has 0 aliphatic carbocycles. The van der Waals surface area contributed by atoms with Crippen LogP contribution < -0.4 is 15.2 Å². The van der Waals surface area contributed by atoms with Crippen LogP contribution >= 0.6 is 0 Å². The lowest BCUT2D eigenvalue weighted by Gasteiger charge is -2.23. The number of alkyl halides is 3. The third-order valence-corrected chi connectivity index (χ3v) is 5.60. The number of aromatic nitrogens is 2. The van der Waals surface area contributed by atoms with Gasteiger partial charge in [0.2, 0.25) is 0 Å². The Balaban J connectivity index is 1.43. The maximum absolute atomic E-state index is 13.2. The van der Waals surface area contributed by atoms with E-state index >= 15 is 0 Å². The van der Waals surface area contributed by atoms with Gasteiger partial charge in [-0.05, 0) is 23.8 Å². The monoisotopic (exact) mass is 446 g/mol. The van der Waals surface area contributed by atoms with Gasteiger partial charge in [0, 0.05) is 29.6 Å². The lowest BCUT2D eigenvalue weighted by molar-refractivity contribution is -0.274. The zero-order chi connectivity index (χ0) is 22.6. The van der Waals surface area contributed by atoms with Crippen molar-refractivity contribution >= 4 is 22.6 Å². The molecule has 8 nitrogen and oxygen atoms in total. The fraction of sp³-hybridized carbons (Fsp3) is 0.286. The van der Waals surface area contributed by atoms with Gasteiger partial charge >= 0.3 is 6.36 Å². The minimum Gasteiger partial charge on any atom is -0.491 e. The SMILES string of the molecule is CN(C(=O)c1cc2c3c(c(N)nc2cn1)COC3)[C@H]1COc2cc(OC(F)(F)F)ccc21. The maximum Gasteiger partial charge on any atom is 0.573 e. The molecule has 0 spiro atoms. The lowest BCUT2D eigenvalue weighted by atomic mass is 10.0. The molecule has 2 aromatic heterocycles. The Bertz CT molecular complexity index is 1250. The van der Waals surface area contributed by atoms with Gasteiger partial charge in [0.1, 0.15) is 29.6 Å². The summed E-state index contributed by atoms with van der Waals surface area (Å²) in [6.45, 7) is 0.839. The van der Waals surface area contributed by atoms with Crippen LogP contribution in [0.5, 0.6) is 11.5 Å². The molecule has 0 fully saturated rings. The first-order chi connectivity index (χ1) is 15.2. The van der Waals surface area contributed by atoms with Crippen LogP contribution in [0.25, 0.3) is 10.9 Å². The topological polar surface area (TPSA) is 99.8 Å². The predicted octanol–water partition coefficient (Wildman–Crippen LogP) is 3.35. The lowest BCUT2D eigenvalue weighted by Crippen LogP contribution is -2.32. The molecule has 1 aromatic carbocycles. The smallest absolute Gasteiger partial charge is 0.491 e. The fourth-order valence-corrected chi connectivity index (χ4v) is 4.00. The van der Waals surface area contributed by atoms with Crippen molar-refractivity contribution in [1.82, 2.24) is 14.9 Å². The second kappa shape index (κ2) is 7.23. The summed E-state index contributed by atoms with van der Waals surface area (Å²) in [7, 11) is 1.59. The van der Waals surface area contributed by atoms with Crippen molar-refractivity contribution in [3.05, 3.63) is 52.8 Å². The van der Waals surface area contributed by atoms with Gasteiger partial charge in [0.25, 0.3) is 5.91 Å². The molecule has 3 aromatic rings. The number of carbonyl (C=O) groups is 1. The number of fused-ring (bicyclic) bond motifs is 4. The van der Waals surface area contributed by atoms with Crippen LogP contribution in [0.1, 0.15) is 33.2 Å². The van der Waals surface area contributed by atoms with Gasteiger partial charge in [-0.25, -0.2) is 9.97 Å². The van der Waals surface area contributed by atoms with Crippen molar-refractivity contribution in [3.8, 4) is 11.5 Å². The molecule has 0 radical (unpaired) electrons. The Hall–Kier alpha value is -3.60. The van der Waals surface area contributed by atoms with Gasteiger partial charge in [0.05, 0.1) is 31.0 Å². The summed E-state index contributed by atoms with van der Waals surface area (Å²) in [6.07, 6.45) is -3.31. The van der Waals surface area contributed by atoms with Crippen molar-refractivity contribution in [2.24, 2.45) is 0 Å². The molecule has 5 rings (SSSR count). The number of hydrogen-bond acceptors (Lipinski definition) is 7. The van der Waals surface area contributed by atoms with Crippen LogP contribution in [0, 0.1) is 0 Å². The van der Waals surface area contributed by atoms with Crippen molar-refractivity contribution < 1.29 is 32.2 Å². The Labute approximate surface area is 179 Å². The van der Waals surface area contributed by atoms with Crippen LogP contribution in [0.4, 0.5) is 19.0 Å². The van der Waals surface area contributed by atoms with Crippen LogP contribution in [0.15, 0.2) is 30.5 Å². The minimum atomic E-state index is -4.80. The second-order valence-electron chi connectivity index (χ2n) is 7.52. The number of carbonyl (C=O) groups excluding carboxylic acids is 1. The Morgan fingerprint density at radius 1 is 1.25 bits per heavy atom. The van der Waals surface area contributed by atoms with E-state index in [1.54, 1.807) is 13.1 Å². The highest BCUT2D eigenvalue weighted by molar-refractivity contribution is 5.97. The van der Waals surface area contributed by atoms with Crippen molar-refractivity contribution in [1.29, 1.82) is 0 Å². The van der Waals surface area contributed by atoms with Gasteiger partial charge in [-0.3, -0.25) is 4.79 Å². The first-order valence-corrected chi connectivity index (χ1v) is 9.65. The van der Waals surface area contributed by atoms with Crippen LogP contribution in [-0.4, -0.2) is 40.8 Å². The number of nitrogens with two attached hydrogens (primary N) is 1. The van der Waals surface area contributed by atoms with E-state index in [9.17, 15) is 18.0 Å². The summed E-state index contributed by atoms with van der Waals surface area (Å²) in [5.74, 6) is -0.132. The molecule has 0 saturated heterocycles. The number of benzene rings is 1. The number of anilines is 1. The summed E-state index contributed by atoms with van der Waals surface area (Å²) in [6, 6.07) is 4.98. The number of ether oxygens (including phenoxy) is 3. The zero-order valence-electron chi connectivity index (χ0n) is 16.8. The summed E-state index contributed by atoms with van der Waals surface area (Å²) in [4.78, 5) is 23.2. The Morgan fingerprint density at radius 3 is 2.81 bits per heavy atom. The van der Waals surface area contributed by atoms with E-state index < -0.39 is 12.4 Å². The van der Waals surface area contributed by atoms with Crippen molar-refractivity contribution in [2.45, 2.75) is 25.6 Å². The summed E-state index contributed by atoms with van der Waals surface area (Å²) >= 11 is 0. The highest BCUT2D eigenvalue weighted by atomic mass is 19.4. The number of amides is 1. The number of nitrogen functional groups attached to an aromatic ring is 1. The molecule has 11 heteroatoms. The van der Waals surface area contributed by atoms with Crippen molar-refractivity contribution in [2.75, 3.05) is 19.4 Å². The fourth-order valence-electron chi connectivity index (χ4n) is 4.00. The van der Waals surface area contributed by atoms with Crippen LogP contribution in [-0.2, 0) is 18.0 Å². The number of rotatable bonds is 3. The first kappa shape index (κ1) is 20.3. The quantitative estimate of drug-likeness (QED) is 0.659. The van der Waals surface area contributed by atoms with E-state index in [0.717, 1.165) is 22.6 Å². The number of nitrogens with zero attached hydrogens (tertiary/aromatic N) is 3. The van der Waals surface area contributed by atoms with E-state index in [2.05, 4.69) is 14.7 Å².